The van der Waals surface area contributed by atoms with Crippen molar-refractivity contribution in [1.29, 1.82) is 0 Å². The van der Waals surface area contributed by atoms with Crippen molar-refractivity contribution in [3.63, 3.8) is 0 Å². The zero-order valence-electron chi connectivity index (χ0n) is 6.94. The Labute approximate surface area is 94.0 Å². The predicted octanol–water partition coefficient (Wildman–Crippen LogP) is 3.35. The number of halogens is 5. The lowest BCUT2D eigenvalue weighted by atomic mass is 10.1. The van der Waals surface area contributed by atoms with Gasteiger partial charge in [-0.1, -0.05) is 22.0 Å². The Kier molecular flexibility index (Phi) is 4.91. The van der Waals surface area contributed by atoms with Gasteiger partial charge >= 0.3 is 6.18 Å². The standard InChI is InChI=1S/C8H7BrF3N.ClH/c9-7-3-1-2-6(5(7)4-13)8(10,11)12;/h1-3H,4,13H2;1H. The largest absolute Gasteiger partial charge is 0.416 e. The summed E-state index contributed by atoms with van der Waals surface area (Å²) in [6.45, 7) is -0.129. The first-order chi connectivity index (χ1) is 5.96. The molecule has 0 radical (unpaired) electrons. The molecule has 0 spiro atoms. The fourth-order valence-electron chi connectivity index (χ4n) is 1.03. The van der Waals surface area contributed by atoms with Crippen LogP contribution in [-0.4, -0.2) is 0 Å². The van der Waals surface area contributed by atoms with Crippen LogP contribution in [0.4, 0.5) is 13.2 Å². The Hall–Kier alpha value is -0.260. The van der Waals surface area contributed by atoms with Gasteiger partial charge in [0.25, 0.3) is 0 Å². The number of benzene rings is 1. The first-order valence-electron chi connectivity index (χ1n) is 3.51. The van der Waals surface area contributed by atoms with Crippen molar-refractivity contribution in [3.05, 3.63) is 33.8 Å². The van der Waals surface area contributed by atoms with Crippen molar-refractivity contribution < 1.29 is 13.2 Å². The monoisotopic (exact) mass is 289 g/mol. The number of nitrogens with two attached hydrogens (primary N) is 1. The zero-order valence-corrected chi connectivity index (χ0v) is 9.34. The molecule has 2 N–H and O–H groups in total. The maximum absolute atomic E-state index is 12.3. The second kappa shape index (κ2) is 5.00. The van der Waals surface area contributed by atoms with Gasteiger partial charge in [0.2, 0.25) is 0 Å². The molecular weight excluding hydrogens is 282 g/mol. The fourth-order valence-corrected chi connectivity index (χ4v) is 1.56. The summed E-state index contributed by atoms with van der Waals surface area (Å²) in [4.78, 5) is 0. The SMILES string of the molecule is Cl.NCc1c(Br)cccc1C(F)(F)F. The molecule has 1 aromatic carbocycles. The summed E-state index contributed by atoms with van der Waals surface area (Å²) >= 11 is 3.02. The second-order valence-corrected chi connectivity index (χ2v) is 3.32. The van der Waals surface area contributed by atoms with Gasteiger partial charge in [-0.25, -0.2) is 0 Å². The Morgan fingerprint density at radius 3 is 2.21 bits per heavy atom. The molecule has 0 unspecified atom stereocenters. The van der Waals surface area contributed by atoms with Crippen LogP contribution < -0.4 is 5.73 Å². The third-order valence-electron chi connectivity index (χ3n) is 1.63. The molecule has 0 saturated carbocycles. The van der Waals surface area contributed by atoms with Crippen molar-refractivity contribution in [2.45, 2.75) is 12.7 Å². The van der Waals surface area contributed by atoms with Crippen molar-refractivity contribution in [2.75, 3.05) is 0 Å². The van der Waals surface area contributed by atoms with E-state index in [0.717, 1.165) is 6.07 Å². The third kappa shape index (κ3) is 2.87. The van der Waals surface area contributed by atoms with E-state index >= 15 is 0 Å². The Bertz CT molecular complexity index is 314. The van der Waals surface area contributed by atoms with Gasteiger partial charge in [0.05, 0.1) is 5.56 Å². The summed E-state index contributed by atoms with van der Waals surface area (Å²) < 4.78 is 37.4. The topological polar surface area (TPSA) is 26.0 Å². The molecule has 0 bridgehead atoms. The first kappa shape index (κ1) is 13.7. The van der Waals surface area contributed by atoms with Crippen LogP contribution in [0.15, 0.2) is 22.7 Å². The second-order valence-electron chi connectivity index (χ2n) is 2.47. The van der Waals surface area contributed by atoms with Crippen molar-refractivity contribution in [3.8, 4) is 0 Å². The molecule has 0 atom stereocenters. The van der Waals surface area contributed by atoms with Gasteiger partial charge in [-0.3, -0.25) is 0 Å². The van der Waals surface area contributed by atoms with Crippen molar-refractivity contribution in [1.82, 2.24) is 0 Å². The molecule has 0 aliphatic rings. The molecule has 0 saturated heterocycles. The minimum atomic E-state index is -4.33. The summed E-state index contributed by atoms with van der Waals surface area (Å²) in [5.74, 6) is 0. The molecule has 0 heterocycles. The highest BCUT2D eigenvalue weighted by Crippen LogP contribution is 2.34. The quantitative estimate of drug-likeness (QED) is 0.843. The van der Waals surface area contributed by atoms with Gasteiger partial charge < -0.3 is 5.73 Å². The molecule has 80 valence electrons. The van der Waals surface area contributed by atoms with Gasteiger partial charge in [-0.2, -0.15) is 13.2 Å². The normalized spacial score (nSPS) is 10.9. The molecule has 14 heavy (non-hydrogen) atoms. The molecule has 1 nitrogen and oxygen atoms in total. The lowest BCUT2D eigenvalue weighted by Crippen LogP contribution is -2.12. The fraction of sp³-hybridized carbons (Fsp3) is 0.250. The molecule has 0 aromatic heterocycles. The van der Waals surface area contributed by atoms with Crippen molar-refractivity contribution >= 4 is 28.3 Å². The third-order valence-corrected chi connectivity index (χ3v) is 2.37. The Balaban J connectivity index is 0.00000169. The average molecular weight is 291 g/mol. The highest BCUT2D eigenvalue weighted by molar-refractivity contribution is 9.10. The maximum atomic E-state index is 12.3. The van der Waals surface area contributed by atoms with Crippen LogP contribution in [0, 0.1) is 0 Å². The van der Waals surface area contributed by atoms with E-state index in [1.165, 1.54) is 12.1 Å². The van der Waals surface area contributed by atoms with E-state index in [4.69, 9.17) is 5.73 Å². The molecule has 0 aliphatic carbocycles. The summed E-state index contributed by atoms with van der Waals surface area (Å²) in [6.07, 6.45) is -4.33. The van der Waals surface area contributed by atoms with Gasteiger partial charge in [0.1, 0.15) is 0 Å². The summed E-state index contributed by atoms with van der Waals surface area (Å²) in [5.41, 5.74) is 4.63. The van der Waals surface area contributed by atoms with Gasteiger partial charge in [0, 0.05) is 11.0 Å². The van der Waals surface area contributed by atoms with Crippen LogP contribution in [0.25, 0.3) is 0 Å². The van der Waals surface area contributed by atoms with Gasteiger partial charge in [-0.05, 0) is 17.7 Å². The molecule has 0 aliphatic heterocycles. The molecule has 6 heteroatoms. The summed E-state index contributed by atoms with van der Waals surface area (Å²) in [7, 11) is 0. The van der Waals surface area contributed by atoms with E-state index in [0.29, 0.717) is 4.47 Å². The number of hydrogen-bond acceptors (Lipinski definition) is 1. The van der Waals surface area contributed by atoms with E-state index in [2.05, 4.69) is 15.9 Å². The maximum Gasteiger partial charge on any atom is 0.416 e. The minimum Gasteiger partial charge on any atom is -0.326 e. The highest BCUT2D eigenvalue weighted by Gasteiger charge is 2.33. The van der Waals surface area contributed by atoms with E-state index in [-0.39, 0.29) is 24.5 Å². The molecule has 0 amide bonds. The number of hydrogen-bond donors (Lipinski definition) is 1. The van der Waals surface area contributed by atoms with Gasteiger partial charge in [0.15, 0.2) is 0 Å². The Morgan fingerprint density at radius 2 is 1.86 bits per heavy atom. The molecule has 0 fully saturated rings. The van der Waals surface area contributed by atoms with Crippen LogP contribution in [0.3, 0.4) is 0 Å². The van der Waals surface area contributed by atoms with Crippen LogP contribution in [0.2, 0.25) is 0 Å². The molecular formula is C8H8BrClF3N. The van der Waals surface area contributed by atoms with Crippen LogP contribution >= 0.6 is 28.3 Å². The highest BCUT2D eigenvalue weighted by atomic mass is 79.9. The van der Waals surface area contributed by atoms with Crippen LogP contribution in [0.1, 0.15) is 11.1 Å². The first-order valence-corrected chi connectivity index (χ1v) is 4.30. The van der Waals surface area contributed by atoms with Crippen LogP contribution in [0.5, 0.6) is 0 Å². The predicted molar refractivity (Wildman–Crippen MR) is 54.3 cm³/mol. The molecule has 1 aromatic rings. The molecule has 1 rings (SSSR count). The van der Waals surface area contributed by atoms with Crippen molar-refractivity contribution in [2.24, 2.45) is 5.73 Å². The summed E-state index contributed by atoms with van der Waals surface area (Å²) in [6, 6.07) is 3.90. The van der Waals surface area contributed by atoms with Crippen LogP contribution in [-0.2, 0) is 12.7 Å². The number of rotatable bonds is 1. The Morgan fingerprint density at radius 1 is 1.29 bits per heavy atom. The van der Waals surface area contributed by atoms with Gasteiger partial charge in [-0.15, -0.1) is 12.4 Å². The lowest BCUT2D eigenvalue weighted by Gasteiger charge is -2.12. The smallest absolute Gasteiger partial charge is 0.326 e. The number of alkyl halides is 3. The van der Waals surface area contributed by atoms with E-state index in [1.54, 1.807) is 0 Å². The van der Waals surface area contributed by atoms with E-state index in [1.807, 2.05) is 0 Å². The lowest BCUT2D eigenvalue weighted by molar-refractivity contribution is -0.138. The van der Waals surface area contributed by atoms with E-state index < -0.39 is 11.7 Å². The average Bonchev–Trinajstić information content (AvgIpc) is 2.02. The minimum absolute atomic E-state index is 0. The zero-order chi connectivity index (χ0) is 10.1. The summed E-state index contributed by atoms with van der Waals surface area (Å²) in [5, 5.41) is 0. The van der Waals surface area contributed by atoms with E-state index in [9.17, 15) is 13.2 Å².